The summed E-state index contributed by atoms with van der Waals surface area (Å²) < 4.78 is 5.08. The smallest absolute Gasteiger partial charge is 0.320 e. The van der Waals surface area contributed by atoms with Crippen molar-refractivity contribution in [2.24, 2.45) is 0 Å². The molecule has 1 saturated heterocycles. The van der Waals surface area contributed by atoms with Gasteiger partial charge in [0.15, 0.2) is 5.44 Å². The topological polar surface area (TPSA) is 26.3 Å². The van der Waals surface area contributed by atoms with Gasteiger partial charge in [-0.15, -0.1) is 0 Å². The minimum atomic E-state index is -0.109. The van der Waals surface area contributed by atoms with Crippen molar-refractivity contribution in [1.82, 2.24) is 0 Å². The normalized spacial score (nSPS) is 27.7. The van der Waals surface area contributed by atoms with Crippen LogP contribution in [0.4, 0.5) is 0 Å². The largest absolute Gasteiger partial charge is 0.446 e. The number of allylic oxidation sites excluding steroid dienone is 3. The Morgan fingerprint density at radius 1 is 1.50 bits per heavy atom. The summed E-state index contributed by atoms with van der Waals surface area (Å²) in [6.45, 7) is 4.01. The lowest BCUT2D eigenvalue weighted by molar-refractivity contribution is -0.140. The van der Waals surface area contributed by atoms with E-state index < -0.39 is 0 Å². The molecule has 2 nitrogen and oxygen atoms in total. The molecular weight excluding hydrogens is 196 g/mol. The molecule has 0 radical (unpaired) electrons. The number of cyclic esters (lactones) is 1. The van der Waals surface area contributed by atoms with Gasteiger partial charge in [0.2, 0.25) is 0 Å². The van der Waals surface area contributed by atoms with Crippen LogP contribution in [0.25, 0.3) is 0 Å². The molecule has 0 N–H and O–H groups in total. The molecule has 1 heterocycles. The highest BCUT2D eigenvalue weighted by molar-refractivity contribution is 8.01. The molecule has 0 aromatic heterocycles. The maximum atomic E-state index is 11.0. The lowest BCUT2D eigenvalue weighted by Crippen LogP contribution is -2.06. The zero-order valence-corrected chi connectivity index (χ0v) is 9.42. The van der Waals surface area contributed by atoms with E-state index in [1.54, 1.807) is 11.8 Å². The summed E-state index contributed by atoms with van der Waals surface area (Å²) in [6.07, 6.45) is 10.2. The number of unbranched alkanes of at least 4 members (excludes halogenated alkanes) is 1. The Kier molecular flexibility index (Phi) is 4.80. The van der Waals surface area contributed by atoms with Crippen molar-refractivity contribution in [3.05, 3.63) is 24.3 Å². The minimum Gasteiger partial charge on any atom is -0.446 e. The lowest BCUT2D eigenvalue weighted by Gasteiger charge is -1.98. The van der Waals surface area contributed by atoms with Gasteiger partial charge in [0.05, 0.1) is 0 Å². The fraction of sp³-hybridized carbons (Fsp3) is 0.545. The summed E-state index contributed by atoms with van der Waals surface area (Å²) in [6, 6.07) is 0. The summed E-state index contributed by atoms with van der Waals surface area (Å²) in [7, 11) is 0. The van der Waals surface area contributed by atoms with Crippen molar-refractivity contribution < 1.29 is 9.53 Å². The molecule has 0 saturated carbocycles. The molecule has 78 valence electrons. The number of ether oxygens (including phenoxy) is 1. The average Bonchev–Trinajstić information content (AvgIpc) is 2.46. The SMILES string of the molecule is CCC/C=C/C=C/C1OC(=O)C(C)S1. The number of esters is 1. The Balaban J connectivity index is 2.28. The molecule has 1 aliphatic heterocycles. The predicted octanol–water partition coefficient (Wildman–Crippen LogP) is 2.90. The van der Waals surface area contributed by atoms with E-state index in [0.29, 0.717) is 0 Å². The summed E-state index contributed by atoms with van der Waals surface area (Å²) in [4.78, 5) is 11.0. The minimum absolute atomic E-state index is 0.0238. The Morgan fingerprint density at radius 2 is 2.29 bits per heavy atom. The van der Waals surface area contributed by atoms with Crippen molar-refractivity contribution in [2.45, 2.75) is 37.4 Å². The molecular formula is C11H16O2S. The molecule has 0 amide bonds. The van der Waals surface area contributed by atoms with Crippen LogP contribution in [0.5, 0.6) is 0 Å². The van der Waals surface area contributed by atoms with Crippen LogP contribution in [-0.4, -0.2) is 16.7 Å². The van der Waals surface area contributed by atoms with Gasteiger partial charge in [-0.25, -0.2) is 0 Å². The maximum Gasteiger partial charge on any atom is 0.320 e. The lowest BCUT2D eigenvalue weighted by atomic mass is 10.3. The van der Waals surface area contributed by atoms with Crippen LogP contribution < -0.4 is 0 Å². The first-order chi connectivity index (χ1) is 6.74. The van der Waals surface area contributed by atoms with Crippen LogP contribution in [-0.2, 0) is 9.53 Å². The zero-order chi connectivity index (χ0) is 10.4. The van der Waals surface area contributed by atoms with E-state index in [9.17, 15) is 4.79 Å². The number of carbonyl (C=O) groups is 1. The molecule has 0 aliphatic carbocycles. The molecule has 1 fully saturated rings. The third-order valence-corrected chi connectivity index (χ3v) is 3.00. The highest BCUT2D eigenvalue weighted by Crippen LogP contribution is 2.28. The Labute approximate surface area is 89.4 Å². The number of thioether (sulfide) groups is 1. The van der Waals surface area contributed by atoms with Crippen LogP contribution in [0.3, 0.4) is 0 Å². The van der Waals surface area contributed by atoms with Crippen LogP contribution in [0.15, 0.2) is 24.3 Å². The number of carbonyl (C=O) groups excluding carboxylic acids is 1. The van der Waals surface area contributed by atoms with Crippen molar-refractivity contribution in [3.8, 4) is 0 Å². The Bertz CT molecular complexity index is 246. The van der Waals surface area contributed by atoms with Crippen LogP contribution in [0.1, 0.15) is 26.7 Å². The van der Waals surface area contributed by atoms with Gasteiger partial charge in [-0.2, -0.15) is 0 Å². The first-order valence-corrected chi connectivity index (χ1v) is 5.87. The molecule has 14 heavy (non-hydrogen) atoms. The third-order valence-electron chi connectivity index (χ3n) is 1.87. The van der Waals surface area contributed by atoms with Crippen LogP contribution >= 0.6 is 11.8 Å². The second-order valence-corrected chi connectivity index (χ2v) is 4.63. The molecule has 1 aliphatic rings. The van der Waals surface area contributed by atoms with Crippen LogP contribution in [0, 0.1) is 0 Å². The van der Waals surface area contributed by atoms with Gasteiger partial charge in [-0.3, -0.25) is 4.79 Å². The van der Waals surface area contributed by atoms with E-state index in [2.05, 4.69) is 13.0 Å². The van der Waals surface area contributed by atoms with Crippen molar-refractivity contribution in [1.29, 1.82) is 0 Å². The van der Waals surface area contributed by atoms with Gasteiger partial charge >= 0.3 is 5.97 Å². The first kappa shape index (κ1) is 11.4. The Hall–Kier alpha value is -0.700. The van der Waals surface area contributed by atoms with Gasteiger partial charge < -0.3 is 4.74 Å². The maximum absolute atomic E-state index is 11.0. The van der Waals surface area contributed by atoms with Crippen molar-refractivity contribution in [3.63, 3.8) is 0 Å². The van der Waals surface area contributed by atoms with Gasteiger partial charge in [0.25, 0.3) is 0 Å². The summed E-state index contributed by atoms with van der Waals surface area (Å²) >= 11 is 1.54. The highest BCUT2D eigenvalue weighted by Gasteiger charge is 2.29. The van der Waals surface area contributed by atoms with Gasteiger partial charge in [-0.05, 0) is 19.4 Å². The molecule has 0 spiro atoms. The molecule has 1 rings (SSSR count). The van der Waals surface area contributed by atoms with E-state index in [1.807, 2.05) is 25.2 Å². The standard InChI is InChI=1S/C11H16O2S/c1-3-4-5-6-7-8-10-13-11(12)9(2)14-10/h5-10H,3-4H2,1-2H3/b6-5+,8-7+. The van der Waals surface area contributed by atoms with E-state index in [1.165, 1.54) is 0 Å². The zero-order valence-electron chi connectivity index (χ0n) is 8.60. The summed E-state index contributed by atoms with van der Waals surface area (Å²) in [5.74, 6) is -0.109. The molecule has 0 aromatic rings. The highest BCUT2D eigenvalue weighted by atomic mass is 32.2. The fourth-order valence-corrected chi connectivity index (χ4v) is 1.98. The van der Waals surface area contributed by atoms with Gasteiger partial charge in [-0.1, -0.05) is 43.3 Å². The Morgan fingerprint density at radius 3 is 2.86 bits per heavy atom. The molecule has 3 heteroatoms. The van der Waals surface area contributed by atoms with E-state index in [4.69, 9.17) is 4.74 Å². The second-order valence-electron chi connectivity index (χ2n) is 3.19. The van der Waals surface area contributed by atoms with E-state index in [-0.39, 0.29) is 16.7 Å². The summed E-state index contributed by atoms with van der Waals surface area (Å²) in [5.41, 5.74) is -0.0937. The predicted molar refractivity (Wildman–Crippen MR) is 60.1 cm³/mol. The van der Waals surface area contributed by atoms with E-state index in [0.717, 1.165) is 12.8 Å². The van der Waals surface area contributed by atoms with Gasteiger partial charge in [0, 0.05) is 0 Å². The number of hydrogen-bond acceptors (Lipinski definition) is 3. The molecule has 2 unspecified atom stereocenters. The molecule has 2 atom stereocenters. The van der Waals surface area contributed by atoms with Crippen molar-refractivity contribution in [2.75, 3.05) is 0 Å². The molecule has 0 aromatic carbocycles. The molecule has 0 bridgehead atoms. The quantitative estimate of drug-likeness (QED) is 0.529. The average molecular weight is 212 g/mol. The summed E-state index contributed by atoms with van der Waals surface area (Å²) in [5, 5.41) is -0.0238. The van der Waals surface area contributed by atoms with E-state index >= 15 is 0 Å². The van der Waals surface area contributed by atoms with Crippen molar-refractivity contribution >= 4 is 17.7 Å². The second kappa shape index (κ2) is 5.91. The van der Waals surface area contributed by atoms with Gasteiger partial charge in [0.1, 0.15) is 5.25 Å². The third kappa shape index (κ3) is 3.58. The fourth-order valence-electron chi connectivity index (χ4n) is 1.08. The number of rotatable bonds is 4. The van der Waals surface area contributed by atoms with Crippen LogP contribution in [0.2, 0.25) is 0 Å². The monoisotopic (exact) mass is 212 g/mol. The first-order valence-electron chi connectivity index (χ1n) is 4.93. The number of hydrogen-bond donors (Lipinski definition) is 0.